The van der Waals surface area contributed by atoms with Gasteiger partial charge in [-0.25, -0.2) is 0 Å². The third kappa shape index (κ3) is 5.52. The molecule has 1 fully saturated rings. The molecule has 0 bridgehead atoms. The lowest BCUT2D eigenvalue weighted by molar-refractivity contribution is -0.132. The van der Waals surface area contributed by atoms with E-state index in [-0.39, 0.29) is 24.4 Å². The number of aromatic nitrogens is 1. The van der Waals surface area contributed by atoms with Crippen molar-refractivity contribution in [3.63, 3.8) is 0 Å². The van der Waals surface area contributed by atoms with Crippen molar-refractivity contribution in [3.8, 4) is 11.5 Å². The summed E-state index contributed by atoms with van der Waals surface area (Å²) in [5.41, 5.74) is 3.65. The quantitative estimate of drug-likeness (QED) is 0.305. The number of hydrogen-bond acceptors (Lipinski definition) is 4. The van der Waals surface area contributed by atoms with Gasteiger partial charge in [0, 0.05) is 36.2 Å². The van der Waals surface area contributed by atoms with Crippen molar-refractivity contribution in [3.05, 3.63) is 95.7 Å². The number of ether oxygens (including phenoxy) is 2. The van der Waals surface area contributed by atoms with Gasteiger partial charge in [0.05, 0.1) is 14.2 Å². The van der Waals surface area contributed by atoms with Gasteiger partial charge in [-0.1, -0.05) is 54.6 Å². The van der Waals surface area contributed by atoms with Gasteiger partial charge in [0.1, 0.15) is 23.6 Å². The van der Waals surface area contributed by atoms with E-state index < -0.39 is 0 Å². The Balaban J connectivity index is 1.38. The topological polar surface area (TPSA) is 74.9 Å². The molecule has 38 heavy (non-hydrogen) atoms. The first-order valence-corrected chi connectivity index (χ1v) is 13.0. The molecule has 0 radical (unpaired) electrons. The van der Waals surface area contributed by atoms with Crippen LogP contribution in [-0.4, -0.2) is 59.9 Å². The Morgan fingerprint density at radius 1 is 0.895 bits per heavy atom. The maximum absolute atomic E-state index is 13.8. The van der Waals surface area contributed by atoms with Gasteiger partial charge in [0.15, 0.2) is 0 Å². The summed E-state index contributed by atoms with van der Waals surface area (Å²) in [6, 6.07) is 23.5. The monoisotopic (exact) mass is 511 g/mol. The number of carbonyl (C=O) groups excluding carboxylic acids is 2. The minimum Gasteiger partial charge on any atom is -0.496 e. The van der Waals surface area contributed by atoms with Crippen molar-refractivity contribution in [2.75, 3.05) is 27.3 Å². The number of hydrogen-bond donors (Lipinski definition) is 1. The molecule has 0 spiro atoms. The number of carbonyl (C=O) groups is 2. The van der Waals surface area contributed by atoms with Crippen LogP contribution in [0.25, 0.3) is 10.9 Å². The fourth-order valence-corrected chi connectivity index (χ4v) is 4.89. The Morgan fingerprint density at radius 2 is 1.58 bits per heavy atom. The molecule has 5 rings (SSSR count). The third-order valence-corrected chi connectivity index (χ3v) is 7.09. The van der Waals surface area contributed by atoms with Gasteiger partial charge in [-0.05, 0) is 48.6 Å². The summed E-state index contributed by atoms with van der Waals surface area (Å²) in [7, 11) is 3.06. The van der Waals surface area contributed by atoms with Gasteiger partial charge in [0.25, 0.3) is 5.91 Å². The van der Waals surface area contributed by atoms with Gasteiger partial charge < -0.3 is 24.3 Å². The predicted octanol–water partition coefficient (Wildman–Crippen LogP) is 5.06. The van der Waals surface area contributed by atoms with Crippen LogP contribution in [-0.2, 0) is 17.8 Å². The summed E-state index contributed by atoms with van der Waals surface area (Å²) in [4.78, 5) is 34.5. The normalized spacial score (nSPS) is 12.8. The van der Waals surface area contributed by atoms with Crippen molar-refractivity contribution in [2.45, 2.75) is 31.8 Å². The Bertz CT molecular complexity index is 1390. The average Bonchev–Trinajstić information content (AvgIpc) is 3.72. The molecule has 1 aromatic heterocycles. The van der Waals surface area contributed by atoms with Crippen molar-refractivity contribution in [2.24, 2.45) is 0 Å². The molecule has 7 heteroatoms. The summed E-state index contributed by atoms with van der Waals surface area (Å²) >= 11 is 0. The molecule has 2 amide bonds. The lowest BCUT2D eigenvalue weighted by atomic mass is 10.1. The lowest BCUT2D eigenvalue weighted by Gasteiger charge is -2.28. The minimum atomic E-state index is -0.244. The molecule has 0 saturated heterocycles. The number of para-hydroxylation sites is 1. The van der Waals surface area contributed by atoms with Gasteiger partial charge in [-0.2, -0.15) is 0 Å². The van der Waals surface area contributed by atoms with Crippen molar-refractivity contribution in [1.82, 2.24) is 14.8 Å². The molecule has 0 aliphatic heterocycles. The van der Waals surface area contributed by atoms with Crippen LogP contribution in [0.3, 0.4) is 0 Å². The number of methoxy groups -OCH3 is 2. The van der Waals surface area contributed by atoms with E-state index in [1.807, 2.05) is 53.6 Å². The molecule has 0 atom stereocenters. The highest BCUT2D eigenvalue weighted by molar-refractivity contribution is 6.01. The second-order valence-electron chi connectivity index (χ2n) is 9.61. The molecular formula is C31H33N3O4. The Hall–Kier alpha value is -4.26. The van der Waals surface area contributed by atoms with E-state index in [4.69, 9.17) is 9.47 Å². The average molecular weight is 512 g/mol. The summed E-state index contributed by atoms with van der Waals surface area (Å²) < 4.78 is 11.0. The van der Waals surface area contributed by atoms with Gasteiger partial charge in [0.2, 0.25) is 5.91 Å². The highest BCUT2D eigenvalue weighted by Crippen LogP contribution is 2.34. The second-order valence-corrected chi connectivity index (χ2v) is 9.61. The van der Waals surface area contributed by atoms with E-state index in [1.165, 1.54) is 19.8 Å². The minimum absolute atomic E-state index is 0.00538. The molecule has 196 valence electrons. The van der Waals surface area contributed by atoms with Crippen molar-refractivity contribution >= 4 is 22.7 Å². The first-order valence-electron chi connectivity index (χ1n) is 13.0. The summed E-state index contributed by atoms with van der Waals surface area (Å²) in [5.74, 6) is 0.551. The fourth-order valence-electron chi connectivity index (χ4n) is 4.89. The Kier molecular flexibility index (Phi) is 7.63. The zero-order chi connectivity index (χ0) is 26.5. The predicted molar refractivity (Wildman–Crippen MR) is 147 cm³/mol. The van der Waals surface area contributed by atoms with Crippen LogP contribution in [0.5, 0.6) is 11.5 Å². The highest BCUT2D eigenvalue weighted by atomic mass is 16.5. The molecule has 4 aromatic rings. The SMILES string of the molecule is COc1cccc(OC)c1C(=O)N(CC(=O)N(CCc1c[nH]c2ccccc12)Cc1ccccc1)C1CC1. The van der Waals surface area contributed by atoms with Crippen molar-refractivity contribution < 1.29 is 19.1 Å². The number of aromatic amines is 1. The first-order chi connectivity index (χ1) is 18.6. The molecule has 3 aromatic carbocycles. The van der Waals surface area contributed by atoms with Crippen LogP contribution >= 0.6 is 0 Å². The molecule has 1 N–H and O–H groups in total. The van der Waals surface area contributed by atoms with Crippen molar-refractivity contribution in [1.29, 1.82) is 0 Å². The van der Waals surface area contributed by atoms with E-state index in [0.717, 1.165) is 29.3 Å². The van der Waals surface area contributed by atoms with Crippen LogP contribution < -0.4 is 9.47 Å². The van der Waals surface area contributed by atoms with Crippen LogP contribution in [0.15, 0.2) is 79.0 Å². The van der Waals surface area contributed by atoms with Crippen LogP contribution in [0.1, 0.15) is 34.3 Å². The Morgan fingerprint density at radius 3 is 2.26 bits per heavy atom. The van der Waals surface area contributed by atoms with Gasteiger partial charge in [-0.3, -0.25) is 9.59 Å². The lowest BCUT2D eigenvalue weighted by Crippen LogP contribution is -2.44. The smallest absolute Gasteiger partial charge is 0.262 e. The number of H-pyrrole nitrogens is 1. The second kappa shape index (κ2) is 11.4. The zero-order valence-electron chi connectivity index (χ0n) is 21.9. The van der Waals surface area contributed by atoms with Crippen LogP contribution in [0.2, 0.25) is 0 Å². The molecule has 1 heterocycles. The maximum atomic E-state index is 13.8. The number of nitrogens with zero attached hydrogens (tertiary/aromatic N) is 2. The van der Waals surface area contributed by atoms with Crippen LogP contribution in [0.4, 0.5) is 0 Å². The Labute approximate surface area is 223 Å². The van der Waals surface area contributed by atoms with E-state index >= 15 is 0 Å². The summed E-state index contributed by atoms with van der Waals surface area (Å²) in [5, 5.41) is 1.16. The first kappa shape index (κ1) is 25.4. The highest BCUT2D eigenvalue weighted by Gasteiger charge is 2.37. The fraction of sp³-hybridized carbons (Fsp3) is 0.290. The molecule has 7 nitrogen and oxygen atoms in total. The number of amides is 2. The molecular weight excluding hydrogens is 478 g/mol. The summed E-state index contributed by atoms with van der Waals surface area (Å²) in [6.07, 6.45) is 4.49. The summed E-state index contributed by atoms with van der Waals surface area (Å²) in [6.45, 7) is 1.03. The number of rotatable bonds is 11. The van der Waals surface area contributed by atoms with Crippen LogP contribution in [0, 0.1) is 0 Å². The van der Waals surface area contributed by atoms with Gasteiger partial charge >= 0.3 is 0 Å². The van der Waals surface area contributed by atoms with E-state index in [0.29, 0.717) is 36.6 Å². The molecule has 0 unspecified atom stereocenters. The number of benzene rings is 3. The van der Waals surface area contributed by atoms with E-state index in [9.17, 15) is 9.59 Å². The third-order valence-electron chi connectivity index (χ3n) is 7.09. The molecule has 1 saturated carbocycles. The molecule has 1 aliphatic carbocycles. The van der Waals surface area contributed by atoms with E-state index in [2.05, 4.69) is 17.1 Å². The number of nitrogens with one attached hydrogen (secondary N) is 1. The van der Waals surface area contributed by atoms with E-state index in [1.54, 1.807) is 23.1 Å². The zero-order valence-corrected chi connectivity index (χ0v) is 21.9. The largest absolute Gasteiger partial charge is 0.496 e. The molecule has 1 aliphatic rings. The number of fused-ring (bicyclic) bond motifs is 1. The van der Waals surface area contributed by atoms with Gasteiger partial charge in [-0.15, -0.1) is 0 Å². The standard InChI is InChI=1S/C31H33N3O4/c1-37-27-13-8-14-28(38-2)30(27)31(36)34(24-15-16-24)21-29(35)33(20-22-9-4-3-5-10-22)18-17-23-19-32-26-12-7-6-11-25(23)26/h3-14,19,24,32H,15-18,20-21H2,1-2H3. The maximum Gasteiger partial charge on any atom is 0.262 e.